The molecule has 1 heterocycles. The van der Waals surface area contributed by atoms with Gasteiger partial charge in [0, 0.05) is 6.54 Å². The molecule has 0 saturated heterocycles. The summed E-state index contributed by atoms with van der Waals surface area (Å²) < 4.78 is 45.9. The Morgan fingerprint density at radius 2 is 2.10 bits per heavy atom. The number of nitrogens with one attached hydrogen (secondary N) is 2. The van der Waals surface area contributed by atoms with E-state index in [0.29, 0.717) is 17.9 Å². The Morgan fingerprint density at radius 3 is 2.71 bits per heavy atom. The van der Waals surface area contributed by atoms with Gasteiger partial charge in [0.05, 0.1) is 17.2 Å². The molecule has 0 aliphatic heterocycles. The van der Waals surface area contributed by atoms with Crippen molar-refractivity contribution >= 4 is 10.0 Å². The van der Waals surface area contributed by atoms with Crippen LogP contribution in [0.4, 0.5) is 4.39 Å². The van der Waals surface area contributed by atoms with Gasteiger partial charge in [0.25, 0.3) is 0 Å². The molecule has 0 fully saturated rings. The minimum Gasteiger partial charge on any atom is -0.468 e. The van der Waals surface area contributed by atoms with E-state index in [4.69, 9.17) is 4.42 Å². The van der Waals surface area contributed by atoms with Crippen LogP contribution in [0.5, 0.6) is 0 Å². The standard InChI is InChI=1S/C14H17FN2O3S/c1-10(13-4-3-7-20-13)17-21(18,19)14-8-12(15)6-5-11(14)9-16-2/h3-8,10,16-17H,9H2,1-2H3. The number of hydrogen-bond acceptors (Lipinski definition) is 4. The maximum absolute atomic E-state index is 13.4. The van der Waals surface area contributed by atoms with Gasteiger partial charge in [-0.2, -0.15) is 0 Å². The molecule has 2 rings (SSSR count). The van der Waals surface area contributed by atoms with Gasteiger partial charge < -0.3 is 9.73 Å². The third-order valence-electron chi connectivity index (χ3n) is 2.99. The Bertz CT molecular complexity index is 699. The molecule has 0 aliphatic carbocycles. The summed E-state index contributed by atoms with van der Waals surface area (Å²) in [4.78, 5) is -0.0738. The Morgan fingerprint density at radius 1 is 1.33 bits per heavy atom. The van der Waals surface area contributed by atoms with Crippen LogP contribution in [0.15, 0.2) is 45.9 Å². The first-order valence-corrected chi connectivity index (χ1v) is 7.91. The zero-order chi connectivity index (χ0) is 15.5. The molecule has 0 bridgehead atoms. The van der Waals surface area contributed by atoms with E-state index in [1.165, 1.54) is 18.4 Å². The Balaban J connectivity index is 2.33. The van der Waals surface area contributed by atoms with Gasteiger partial charge in [-0.25, -0.2) is 17.5 Å². The molecule has 1 aromatic carbocycles. The van der Waals surface area contributed by atoms with Crippen LogP contribution in [0, 0.1) is 5.82 Å². The monoisotopic (exact) mass is 312 g/mol. The van der Waals surface area contributed by atoms with Crippen molar-refractivity contribution in [3.8, 4) is 0 Å². The normalized spacial score (nSPS) is 13.3. The van der Waals surface area contributed by atoms with E-state index < -0.39 is 21.9 Å². The maximum atomic E-state index is 13.4. The summed E-state index contributed by atoms with van der Waals surface area (Å²) in [6, 6.07) is 6.52. The number of furan rings is 1. The van der Waals surface area contributed by atoms with Crippen LogP contribution in [-0.2, 0) is 16.6 Å². The lowest BCUT2D eigenvalue weighted by atomic mass is 10.2. The average molecular weight is 312 g/mol. The smallest absolute Gasteiger partial charge is 0.241 e. The van der Waals surface area contributed by atoms with Crippen LogP contribution < -0.4 is 10.0 Å². The van der Waals surface area contributed by atoms with Gasteiger partial charge in [0.2, 0.25) is 10.0 Å². The number of hydrogen-bond donors (Lipinski definition) is 2. The number of benzene rings is 1. The van der Waals surface area contributed by atoms with Gasteiger partial charge in [-0.15, -0.1) is 0 Å². The second kappa shape index (κ2) is 6.38. The maximum Gasteiger partial charge on any atom is 0.241 e. The van der Waals surface area contributed by atoms with E-state index in [0.717, 1.165) is 6.07 Å². The van der Waals surface area contributed by atoms with E-state index in [1.807, 2.05) is 0 Å². The Hall–Kier alpha value is -1.70. The number of sulfonamides is 1. The molecule has 7 heteroatoms. The van der Waals surface area contributed by atoms with Crippen molar-refractivity contribution < 1.29 is 17.2 Å². The summed E-state index contributed by atoms with van der Waals surface area (Å²) in [6.45, 7) is 1.99. The van der Waals surface area contributed by atoms with E-state index in [1.54, 1.807) is 26.1 Å². The van der Waals surface area contributed by atoms with Crippen molar-refractivity contribution in [1.29, 1.82) is 0 Å². The molecule has 1 atom stereocenters. The van der Waals surface area contributed by atoms with Gasteiger partial charge in [-0.3, -0.25) is 0 Å². The first-order valence-electron chi connectivity index (χ1n) is 6.43. The number of rotatable bonds is 6. The summed E-state index contributed by atoms with van der Waals surface area (Å²) in [6.07, 6.45) is 1.47. The molecule has 0 aliphatic rings. The van der Waals surface area contributed by atoms with Crippen molar-refractivity contribution in [2.45, 2.75) is 24.4 Å². The van der Waals surface area contributed by atoms with Gasteiger partial charge in [-0.05, 0) is 43.8 Å². The molecule has 1 unspecified atom stereocenters. The molecule has 1 aromatic heterocycles. The van der Waals surface area contributed by atoms with E-state index in [2.05, 4.69) is 10.0 Å². The second-order valence-corrected chi connectivity index (χ2v) is 6.32. The van der Waals surface area contributed by atoms with Gasteiger partial charge >= 0.3 is 0 Å². The highest BCUT2D eigenvalue weighted by Gasteiger charge is 2.23. The van der Waals surface area contributed by atoms with E-state index >= 15 is 0 Å². The van der Waals surface area contributed by atoms with Gasteiger partial charge in [0.1, 0.15) is 11.6 Å². The molecule has 0 amide bonds. The number of halogens is 1. The minimum absolute atomic E-state index is 0.0738. The van der Waals surface area contributed by atoms with Crippen molar-refractivity contribution in [3.05, 3.63) is 53.7 Å². The minimum atomic E-state index is -3.85. The van der Waals surface area contributed by atoms with Crippen LogP contribution in [0.1, 0.15) is 24.3 Å². The third-order valence-corrected chi connectivity index (χ3v) is 4.61. The first-order chi connectivity index (χ1) is 9.94. The van der Waals surface area contributed by atoms with Crippen molar-refractivity contribution in [2.75, 3.05) is 7.05 Å². The lowest BCUT2D eigenvalue weighted by molar-refractivity contribution is 0.459. The highest BCUT2D eigenvalue weighted by molar-refractivity contribution is 7.89. The molecule has 21 heavy (non-hydrogen) atoms. The lowest BCUT2D eigenvalue weighted by Crippen LogP contribution is -2.28. The fraction of sp³-hybridized carbons (Fsp3) is 0.286. The molecule has 2 N–H and O–H groups in total. The van der Waals surface area contributed by atoms with Crippen LogP contribution in [-0.4, -0.2) is 15.5 Å². The fourth-order valence-corrected chi connectivity index (χ4v) is 3.47. The Kier molecular flexibility index (Phi) is 4.76. The third kappa shape index (κ3) is 3.69. The van der Waals surface area contributed by atoms with Crippen molar-refractivity contribution in [3.63, 3.8) is 0 Å². The highest BCUT2D eigenvalue weighted by Crippen LogP contribution is 2.21. The molecule has 0 spiro atoms. The zero-order valence-electron chi connectivity index (χ0n) is 11.8. The average Bonchev–Trinajstić information content (AvgIpc) is 2.94. The SMILES string of the molecule is CNCc1ccc(F)cc1S(=O)(=O)NC(C)c1ccco1. The van der Waals surface area contributed by atoms with Gasteiger partial charge in [-0.1, -0.05) is 6.07 Å². The topological polar surface area (TPSA) is 71.3 Å². The summed E-state index contributed by atoms with van der Waals surface area (Å²) >= 11 is 0. The summed E-state index contributed by atoms with van der Waals surface area (Å²) in [5.74, 6) is -0.106. The van der Waals surface area contributed by atoms with Crippen molar-refractivity contribution in [1.82, 2.24) is 10.0 Å². The van der Waals surface area contributed by atoms with E-state index in [9.17, 15) is 12.8 Å². The summed E-state index contributed by atoms with van der Waals surface area (Å²) in [7, 11) is -2.16. The zero-order valence-corrected chi connectivity index (χ0v) is 12.6. The summed E-state index contributed by atoms with van der Waals surface area (Å²) in [5, 5.41) is 2.86. The molecular formula is C14H17FN2O3S. The van der Waals surface area contributed by atoms with Crippen LogP contribution >= 0.6 is 0 Å². The largest absolute Gasteiger partial charge is 0.468 e. The fourth-order valence-electron chi connectivity index (χ4n) is 2.01. The molecule has 114 valence electrons. The molecule has 5 nitrogen and oxygen atoms in total. The lowest BCUT2D eigenvalue weighted by Gasteiger charge is -2.15. The predicted molar refractivity (Wildman–Crippen MR) is 76.6 cm³/mol. The molecule has 0 radical (unpaired) electrons. The van der Waals surface area contributed by atoms with E-state index in [-0.39, 0.29) is 4.90 Å². The Labute approximate surface area is 123 Å². The quantitative estimate of drug-likeness (QED) is 0.857. The van der Waals surface area contributed by atoms with Crippen LogP contribution in [0.3, 0.4) is 0 Å². The second-order valence-electron chi connectivity index (χ2n) is 4.64. The summed E-state index contributed by atoms with van der Waals surface area (Å²) in [5.41, 5.74) is 0.498. The van der Waals surface area contributed by atoms with Crippen LogP contribution in [0.2, 0.25) is 0 Å². The molecular weight excluding hydrogens is 295 g/mol. The molecule has 2 aromatic rings. The highest BCUT2D eigenvalue weighted by atomic mass is 32.2. The van der Waals surface area contributed by atoms with Gasteiger partial charge in [0.15, 0.2) is 0 Å². The van der Waals surface area contributed by atoms with Crippen molar-refractivity contribution in [2.24, 2.45) is 0 Å². The first kappa shape index (κ1) is 15.7. The van der Waals surface area contributed by atoms with Crippen LogP contribution in [0.25, 0.3) is 0 Å². The predicted octanol–water partition coefficient (Wildman–Crippen LogP) is 2.18. The molecule has 0 saturated carbocycles.